The highest BCUT2D eigenvalue weighted by Crippen LogP contribution is 2.28. The quantitative estimate of drug-likeness (QED) is 0.888. The predicted octanol–water partition coefficient (Wildman–Crippen LogP) is 2.57. The summed E-state index contributed by atoms with van der Waals surface area (Å²) in [6.45, 7) is 3.04. The highest BCUT2D eigenvalue weighted by atomic mass is 16.2. The molecule has 20 heavy (non-hydrogen) atoms. The molecule has 0 saturated heterocycles. The van der Waals surface area contributed by atoms with E-state index in [2.05, 4.69) is 35.8 Å². The van der Waals surface area contributed by atoms with E-state index < -0.39 is 0 Å². The van der Waals surface area contributed by atoms with Crippen LogP contribution in [0.5, 0.6) is 0 Å². The first-order valence-electron chi connectivity index (χ1n) is 7.87. The topological polar surface area (TPSA) is 41.1 Å². The van der Waals surface area contributed by atoms with Crippen LogP contribution in [0.4, 0.5) is 0 Å². The molecule has 108 valence electrons. The molecule has 3 rings (SSSR count). The molecule has 1 amide bonds. The third-order valence-electron chi connectivity index (χ3n) is 4.85. The van der Waals surface area contributed by atoms with E-state index in [1.54, 1.807) is 0 Å². The Morgan fingerprint density at radius 1 is 1.30 bits per heavy atom. The van der Waals surface area contributed by atoms with Crippen LogP contribution in [0.25, 0.3) is 0 Å². The largest absolute Gasteiger partial charge is 0.352 e. The molecule has 2 aliphatic rings. The Kier molecular flexibility index (Phi) is 4.06. The predicted molar refractivity (Wildman–Crippen MR) is 80.5 cm³/mol. The monoisotopic (exact) mass is 272 g/mol. The van der Waals surface area contributed by atoms with E-state index in [0.29, 0.717) is 12.0 Å². The van der Waals surface area contributed by atoms with Crippen LogP contribution in [0.1, 0.15) is 49.8 Å². The van der Waals surface area contributed by atoms with Gasteiger partial charge in [0.15, 0.2) is 0 Å². The van der Waals surface area contributed by atoms with E-state index in [4.69, 9.17) is 0 Å². The molecule has 1 unspecified atom stereocenters. The van der Waals surface area contributed by atoms with Crippen LogP contribution in [0.15, 0.2) is 24.3 Å². The highest BCUT2D eigenvalue weighted by molar-refractivity contribution is 5.84. The third kappa shape index (κ3) is 2.73. The maximum atomic E-state index is 12.6. The molecule has 0 bridgehead atoms. The number of amides is 1. The zero-order valence-electron chi connectivity index (χ0n) is 12.2. The number of carbonyl (C=O) groups excluding carboxylic acids is 1. The van der Waals surface area contributed by atoms with Crippen molar-refractivity contribution in [3.05, 3.63) is 35.4 Å². The van der Waals surface area contributed by atoms with Crippen molar-refractivity contribution >= 4 is 5.91 Å². The second-order valence-electron chi connectivity index (χ2n) is 6.18. The summed E-state index contributed by atoms with van der Waals surface area (Å²) in [5, 5.41) is 6.59. The SMILES string of the molecule is C[C@H](NC(=O)C1NCCc2ccccc21)C1CCCC1. The van der Waals surface area contributed by atoms with E-state index in [1.165, 1.54) is 31.2 Å². The standard InChI is InChI=1S/C17H24N2O/c1-12(13-6-2-3-7-13)19-17(20)16-15-9-5-4-8-14(15)10-11-18-16/h4-5,8-9,12-13,16,18H,2-3,6-7,10-11H2,1H3,(H,19,20)/t12-,16?/m0/s1. The molecule has 1 aromatic rings. The molecule has 0 radical (unpaired) electrons. The molecule has 1 aliphatic carbocycles. The summed E-state index contributed by atoms with van der Waals surface area (Å²) in [5.74, 6) is 0.800. The Balaban J connectivity index is 1.68. The van der Waals surface area contributed by atoms with Gasteiger partial charge in [0.05, 0.1) is 0 Å². The minimum Gasteiger partial charge on any atom is -0.352 e. The Morgan fingerprint density at radius 2 is 2.05 bits per heavy atom. The summed E-state index contributed by atoms with van der Waals surface area (Å²) in [7, 11) is 0. The first kappa shape index (κ1) is 13.6. The lowest BCUT2D eigenvalue weighted by atomic mass is 9.93. The number of nitrogens with one attached hydrogen (secondary N) is 2. The Morgan fingerprint density at radius 3 is 2.85 bits per heavy atom. The summed E-state index contributed by atoms with van der Waals surface area (Å²) in [5.41, 5.74) is 2.45. The average Bonchev–Trinajstić information content (AvgIpc) is 3.01. The second kappa shape index (κ2) is 5.96. The van der Waals surface area contributed by atoms with Crippen molar-refractivity contribution < 1.29 is 4.79 Å². The number of hydrogen-bond acceptors (Lipinski definition) is 2. The molecule has 2 N–H and O–H groups in total. The number of benzene rings is 1. The average molecular weight is 272 g/mol. The summed E-state index contributed by atoms with van der Waals surface area (Å²) in [6, 6.07) is 8.40. The van der Waals surface area contributed by atoms with Gasteiger partial charge in [0.25, 0.3) is 0 Å². The van der Waals surface area contributed by atoms with E-state index in [1.807, 2.05) is 6.07 Å². The summed E-state index contributed by atoms with van der Waals surface area (Å²) >= 11 is 0. The van der Waals surface area contributed by atoms with Crippen LogP contribution in [0, 0.1) is 5.92 Å². The molecule has 1 aromatic carbocycles. The fourth-order valence-electron chi connectivity index (χ4n) is 3.62. The summed E-state index contributed by atoms with van der Waals surface area (Å²) < 4.78 is 0. The second-order valence-corrected chi connectivity index (χ2v) is 6.18. The van der Waals surface area contributed by atoms with Crippen molar-refractivity contribution in [3.8, 4) is 0 Å². The normalized spacial score (nSPS) is 24.1. The lowest BCUT2D eigenvalue weighted by Crippen LogP contribution is -2.46. The minimum atomic E-state index is -0.177. The van der Waals surface area contributed by atoms with E-state index in [0.717, 1.165) is 18.5 Å². The van der Waals surface area contributed by atoms with Gasteiger partial charge in [0.2, 0.25) is 5.91 Å². The summed E-state index contributed by atoms with van der Waals surface area (Å²) in [4.78, 5) is 12.6. The van der Waals surface area contributed by atoms with E-state index in [-0.39, 0.29) is 11.9 Å². The number of hydrogen-bond donors (Lipinski definition) is 2. The van der Waals surface area contributed by atoms with Gasteiger partial charge in [-0.15, -0.1) is 0 Å². The molecule has 1 saturated carbocycles. The van der Waals surface area contributed by atoms with Crippen LogP contribution >= 0.6 is 0 Å². The van der Waals surface area contributed by atoms with Gasteiger partial charge in [-0.1, -0.05) is 37.1 Å². The molecular weight excluding hydrogens is 248 g/mol. The van der Waals surface area contributed by atoms with Crippen molar-refractivity contribution in [2.75, 3.05) is 6.54 Å². The van der Waals surface area contributed by atoms with Gasteiger partial charge in [0, 0.05) is 12.6 Å². The Labute approximate surface area is 121 Å². The van der Waals surface area contributed by atoms with Gasteiger partial charge in [-0.3, -0.25) is 4.79 Å². The molecule has 0 aromatic heterocycles. The van der Waals surface area contributed by atoms with Crippen LogP contribution in [-0.2, 0) is 11.2 Å². The smallest absolute Gasteiger partial charge is 0.241 e. The molecular formula is C17H24N2O. The number of carbonyl (C=O) groups is 1. The van der Waals surface area contributed by atoms with Crippen LogP contribution in [0.3, 0.4) is 0 Å². The molecule has 3 nitrogen and oxygen atoms in total. The molecule has 1 heterocycles. The summed E-state index contributed by atoms with van der Waals surface area (Å²) in [6.07, 6.45) is 6.16. The zero-order chi connectivity index (χ0) is 13.9. The maximum Gasteiger partial charge on any atom is 0.241 e. The molecule has 1 aliphatic heterocycles. The fourth-order valence-corrected chi connectivity index (χ4v) is 3.62. The fraction of sp³-hybridized carbons (Fsp3) is 0.588. The number of fused-ring (bicyclic) bond motifs is 1. The zero-order valence-corrected chi connectivity index (χ0v) is 12.2. The van der Waals surface area contributed by atoms with Crippen LogP contribution in [0.2, 0.25) is 0 Å². The van der Waals surface area contributed by atoms with Crippen molar-refractivity contribution in [2.45, 2.75) is 51.1 Å². The van der Waals surface area contributed by atoms with Gasteiger partial charge in [-0.25, -0.2) is 0 Å². The van der Waals surface area contributed by atoms with Gasteiger partial charge < -0.3 is 10.6 Å². The first-order chi connectivity index (χ1) is 9.75. The van der Waals surface area contributed by atoms with Gasteiger partial charge in [0.1, 0.15) is 6.04 Å². The van der Waals surface area contributed by atoms with Gasteiger partial charge >= 0.3 is 0 Å². The Hall–Kier alpha value is -1.35. The minimum absolute atomic E-state index is 0.136. The highest BCUT2D eigenvalue weighted by Gasteiger charge is 2.29. The molecule has 0 spiro atoms. The van der Waals surface area contributed by atoms with Crippen LogP contribution in [-0.4, -0.2) is 18.5 Å². The lowest BCUT2D eigenvalue weighted by Gasteiger charge is -2.28. The molecule has 1 fully saturated rings. The van der Waals surface area contributed by atoms with E-state index in [9.17, 15) is 4.79 Å². The van der Waals surface area contributed by atoms with Crippen LogP contribution < -0.4 is 10.6 Å². The lowest BCUT2D eigenvalue weighted by molar-refractivity contribution is -0.124. The molecule has 3 heteroatoms. The maximum absolute atomic E-state index is 12.6. The number of rotatable bonds is 3. The van der Waals surface area contributed by atoms with Gasteiger partial charge in [-0.2, -0.15) is 0 Å². The van der Waals surface area contributed by atoms with Gasteiger partial charge in [-0.05, 0) is 43.2 Å². The van der Waals surface area contributed by atoms with Crippen molar-refractivity contribution in [2.24, 2.45) is 5.92 Å². The van der Waals surface area contributed by atoms with Crippen molar-refractivity contribution in [1.29, 1.82) is 0 Å². The third-order valence-corrected chi connectivity index (χ3v) is 4.85. The van der Waals surface area contributed by atoms with Crippen molar-refractivity contribution in [1.82, 2.24) is 10.6 Å². The van der Waals surface area contributed by atoms with E-state index >= 15 is 0 Å². The Bertz CT molecular complexity index is 480. The first-order valence-corrected chi connectivity index (χ1v) is 7.87. The van der Waals surface area contributed by atoms with Crippen molar-refractivity contribution in [3.63, 3.8) is 0 Å². The molecule has 2 atom stereocenters.